The van der Waals surface area contributed by atoms with E-state index in [1.54, 1.807) is 0 Å². The Morgan fingerprint density at radius 2 is 2.38 bits per heavy atom. The van der Waals surface area contributed by atoms with Gasteiger partial charge in [-0.2, -0.15) is 0 Å². The third-order valence-electron chi connectivity index (χ3n) is 4.28. The van der Waals surface area contributed by atoms with Crippen molar-refractivity contribution in [2.45, 2.75) is 44.2 Å². The summed E-state index contributed by atoms with van der Waals surface area (Å²) in [5.74, 6) is -0.259. The minimum atomic E-state index is -0.806. The zero-order chi connectivity index (χ0) is 15.3. The van der Waals surface area contributed by atoms with Crippen LogP contribution in [-0.2, 0) is 16.0 Å². The fraction of sp³-hybridized carbons (Fsp3) is 0.625. The van der Waals surface area contributed by atoms with Crippen LogP contribution in [-0.4, -0.2) is 47.6 Å². The lowest BCUT2D eigenvalue weighted by molar-refractivity contribution is -0.149. The van der Waals surface area contributed by atoms with Crippen molar-refractivity contribution < 1.29 is 9.53 Å². The summed E-state index contributed by atoms with van der Waals surface area (Å²) in [5.41, 5.74) is 6.49. The van der Waals surface area contributed by atoms with E-state index >= 15 is 0 Å². The van der Waals surface area contributed by atoms with Crippen molar-refractivity contribution in [3.63, 3.8) is 0 Å². The van der Waals surface area contributed by atoms with Crippen molar-refractivity contribution in [3.05, 3.63) is 30.1 Å². The summed E-state index contributed by atoms with van der Waals surface area (Å²) in [6.07, 6.45) is 5.03. The van der Waals surface area contributed by atoms with Gasteiger partial charge in [0.25, 0.3) is 0 Å². The topological polar surface area (TPSA) is 68.5 Å². The van der Waals surface area contributed by atoms with Gasteiger partial charge in [0.1, 0.15) is 5.54 Å². The van der Waals surface area contributed by atoms with Crippen LogP contribution in [0.4, 0.5) is 0 Å². The summed E-state index contributed by atoms with van der Waals surface area (Å²) in [7, 11) is 2.09. The lowest BCUT2D eigenvalue weighted by Crippen LogP contribution is -2.48. The summed E-state index contributed by atoms with van der Waals surface area (Å²) in [6.45, 7) is 3.12. The number of pyridine rings is 1. The van der Waals surface area contributed by atoms with E-state index in [-0.39, 0.29) is 5.97 Å². The first-order chi connectivity index (χ1) is 10.0. The maximum absolute atomic E-state index is 11.9. The molecule has 5 nitrogen and oxygen atoms in total. The van der Waals surface area contributed by atoms with Gasteiger partial charge < -0.3 is 15.4 Å². The van der Waals surface area contributed by atoms with Crippen molar-refractivity contribution in [3.8, 4) is 0 Å². The van der Waals surface area contributed by atoms with Crippen LogP contribution in [0.2, 0.25) is 0 Å². The summed E-state index contributed by atoms with van der Waals surface area (Å²) in [6, 6.07) is 6.30. The third-order valence-corrected chi connectivity index (χ3v) is 4.28. The van der Waals surface area contributed by atoms with Gasteiger partial charge in [-0.25, -0.2) is 0 Å². The highest BCUT2D eigenvalue weighted by molar-refractivity contribution is 5.81. The second-order valence-electron chi connectivity index (χ2n) is 5.82. The van der Waals surface area contributed by atoms with Crippen molar-refractivity contribution in [1.29, 1.82) is 0 Å². The highest BCUT2D eigenvalue weighted by Gasteiger charge is 2.44. The van der Waals surface area contributed by atoms with Gasteiger partial charge in [0.15, 0.2) is 0 Å². The minimum Gasteiger partial charge on any atom is -0.465 e. The Bertz CT molecular complexity index is 466. The molecule has 1 aromatic heterocycles. The van der Waals surface area contributed by atoms with Gasteiger partial charge in [0.2, 0.25) is 0 Å². The first-order valence-corrected chi connectivity index (χ1v) is 7.61. The number of rotatable bonds is 6. The van der Waals surface area contributed by atoms with Crippen molar-refractivity contribution in [2.75, 3.05) is 20.2 Å². The van der Waals surface area contributed by atoms with E-state index in [1.165, 1.54) is 0 Å². The van der Waals surface area contributed by atoms with Crippen LogP contribution in [0, 0.1) is 0 Å². The number of carbonyl (C=O) groups is 1. The number of ether oxygens (including phenoxy) is 1. The quantitative estimate of drug-likeness (QED) is 0.802. The van der Waals surface area contributed by atoms with E-state index in [9.17, 15) is 4.79 Å². The molecule has 5 heteroatoms. The molecule has 21 heavy (non-hydrogen) atoms. The molecule has 1 saturated carbocycles. The molecule has 1 heterocycles. The molecule has 2 unspecified atom stereocenters. The van der Waals surface area contributed by atoms with Crippen molar-refractivity contribution in [2.24, 2.45) is 5.73 Å². The van der Waals surface area contributed by atoms with Crippen LogP contribution < -0.4 is 5.73 Å². The molecule has 1 aliphatic carbocycles. The lowest BCUT2D eigenvalue weighted by Gasteiger charge is -2.26. The number of likely N-dealkylation sites (N-methyl/N-ethyl adjacent to an activating group) is 1. The van der Waals surface area contributed by atoms with Gasteiger partial charge in [-0.1, -0.05) is 6.07 Å². The molecule has 2 rings (SSSR count). The molecule has 2 N–H and O–H groups in total. The number of carbonyl (C=O) groups excluding carboxylic acids is 1. The molecule has 1 aromatic rings. The zero-order valence-electron chi connectivity index (χ0n) is 12.9. The largest absolute Gasteiger partial charge is 0.465 e. The number of nitrogens with zero attached hydrogens (tertiary/aromatic N) is 2. The molecule has 0 aliphatic heterocycles. The van der Waals surface area contributed by atoms with E-state index in [4.69, 9.17) is 10.5 Å². The smallest absolute Gasteiger partial charge is 0.326 e. The van der Waals surface area contributed by atoms with Gasteiger partial charge in [0, 0.05) is 30.9 Å². The van der Waals surface area contributed by atoms with Gasteiger partial charge in [-0.05, 0) is 45.4 Å². The average Bonchev–Trinajstić information content (AvgIpc) is 2.90. The fourth-order valence-corrected chi connectivity index (χ4v) is 2.90. The number of aromatic nitrogens is 1. The molecule has 0 radical (unpaired) electrons. The normalized spacial score (nSPS) is 25.2. The second-order valence-corrected chi connectivity index (χ2v) is 5.82. The highest BCUT2D eigenvalue weighted by Crippen LogP contribution is 2.31. The molecule has 1 aliphatic rings. The standard InChI is InChI=1S/C16H25N3O2/c1-3-21-15(20)16(17)9-7-14(12-16)19(2)11-8-13-6-4-5-10-18-13/h4-6,10,14H,3,7-9,11-12,17H2,1-2H3. The molecule has 116 valence electrons. The molecule has 0 bridgehead atoms. The Balaban J connectivity index is 1.84. The molecule has 1 fully saturated rings. The van der Waals surface area contributed by atoms with Crippen molar-refractivity contribution >= 4 is 5.97 Å². The summed E-state index contributed by atoms with van der Waals surface area (Å²) in [5, 5.41) is 0. The molecule has 2 atom stereocenters. The van der Waals surface area contributed by atoms with E-state index in [1.807, 2.05) is 31.3 Å². The monoisotopic (exact) mass is 291 g/mol. The van der Waals surface area contributed by atoms with Crippen LogP contribution in [0.15, 0.2) is 24.4 Å². The molecular weight excluding hydrogens is 266 g/mol. The summed E-state index contributed by atoms with van der Waals surface area (Å²) < 4.78 is 5.09. The van der Waals surface area contributed by atoms with Gasteiger partial charge in [0.05, 0.1) is 6.61 Å². The van der Waals surface area contributed by atoms with Crippen LogP contribution in [0.1, 0.15) is 31.9 Å². The maximum atomic E-state index is 11.9. The van der Waals surface area contributed by atoms with Crippen LogP contribution in [0.3, 0.4) is 0 Å². The van der Waals surface area contributed by atoms with Gasteiger partial charge in [-0.15, -0.1) is 0 Å². The Morgan fingerprint density at radius 1 is 1.57 bits per heavy atom. The Hall–Kier alpha value is -1.46. The maximum Gasteiger partial charge on any atom is 0.326 e. The Kier molecular flexibility index (Phi) is 5.31. The number of nitrogens with two attached hydrogens (primary N) is 1. The third kappa shape index (κ3) is 4.02. The molecule has 0 aromatic carbocycles. The number of esters is 1. The van der Waals surface area contributed by atoms with Crippen molar-refractivity contribution in [1.82, 2.24) is 9.88 Å². The van der Waals surface area contributed by atoms with Crippen LogP contribution in [0.25, 0.3) is 0 Å². The molecule has 0 spiro atoms. The van der Waals surface area contributed by atoms with E-state index < -0.39 is 5.54 Å². The molecule has 0 saturated heterocycles. The van der Waals surface area contributed by atoms with Gasteiger partial charge >= 0.3 is 5.97 Å². The lowest BCUT2D eigenvalue weighted by atomic mass is 9.99. The fourth-order valence-electron chi connectivity index (χ4n) is 2.90. The highest BCUT2D eigenvalue weighted by atomic mass is 16.5. The average molecular weight is 291 g/mol. The predicted molar refractivity (Wildman–Crippen MR) is 81.8 cm³/mol. The van der Waals surface area contributed by atoms with Gasteiger partial charge in [-0.3, -0.25) is 9.78 Å². The predicted octanol–water partition coefficient (Wildman–Crippen LogP) is 1.37. The number of hydrogen-bond acceptors (Lipinski definition) is 5. The first-order valence-electron chi connectivity index (χ1n) is 7.61. The zero-order valence-corrected chi connectivity index (χ0v) is 12.9. The summed E-state index contributed by atoms with van der Waals surface area (Å²) in [4.78, 5) is 18.6. The van der Waals surface area contributed by atoms with Crippen LogP contribution in [0.5, 0.6) is 0 Å². The van der Waals surface area contributed by atoms with E-state index in [0.29, 0.717) is 25.5 Å². The SMILES string of the molecule is CCOC(=O)C1(N)CCC(N(C)CCc2ccccn2)C1. The first kappa shape index (κ1) is 15.9. The second kappa shape index (κ2) is 7.00. The number of hydrogen-bond donors (Lipinski definition) is 1. The van der Waals surface area contributed by atoms with E-state index in [0.717, 1.165) is 25.1 Å². The Morgan fingerprint density at radius 3 is 3.05 bits per heavy atom. The molecular formula is C16H25N3O2. The Labute approximate surface area is 126 Å². The summed E-state index contributed by atoms with van der Waals surface area (Å²) >= 11 is 0. The molecule has 0 amide bonds. The van der Waals surface area contributed by atoms with Crippen LogP contribution >= 0.6 is 0 Å². The minimum absolute atomic E-state index is 0.259. The van der Waals surface area contributed by atoms with E-state index in [2.05, 4.69) is 16.9 Å².